The van der Waals surface area contributed by atoms with Crippen molar-refractivity contribution in [3.63, 3.8) is 0 Å². The van der Waals surface area contributed by atoms with Gasteiger partial charge < -0.3 is 4.57 Å². The van der Waals surface area contributed by atoms with Crippen LogP contribution in [0.4, 0.5) is 0 Å². The quantitative estimate of drug-likeness (QED) is 0.836. The normalized spacial score (nSPS) is 18.5. The van der Waals surface area contributed by atoms with Crippen LogP contribution < -0.4 is 0 Å². The summed E-state index contributed by atoms with van der Waals surface area (Å²) in [6.45, 7) is 4.15. The fourth-order valence-corrected chi connectivity index (χ4v) is 4.71. The number of aryl methyl sites for hydroxylation is 1. The van der Waals surface area contributed by atoms with Crippen LogP contribution >= 0.6 is 23.5 Å². The molecule has 1 aliphatic heterocycles. The lowest BCUT2D eigenvalue weighted by atomic mass is 10.3. The van der Waals surface area contributed by atoms with Gasteiger partial charge >= 0.3 is 0 Å². The molecule has 1 aromatic rings. The number of aromatic nitrogens is 2. The zero-order valence-corrected chi connectivity index (χ0v) is 12.3. The van der Waals surface area contributed by atoms with Crippen molar-refractivity contribution in [3.05, 3.63) is 18.2 Å². The summed E-state index contributed by atoms with van der Waals surface area (Å²) in [6.07, 6.45) is 3.98. The van der Waals surface area contributed by atoms with Crippen LogP contribution in [0, 0.1) is 0 Å². The van der Waals surface area contributed by atoms with E-state index in [1.54, 1.807) is 0 Å². The molecule has 1 aliphatic rings. The average molecular weight is 271 g/mol. The standard InChI is InChI=1S/C12H21N3S2/c1-3-15-5-4-13-12(15)8-14(2)11-9-16-6-7-17-10-11/h4-5,11H,3,6-10H2,1-2H3. The van der Waals surface area contributed by atoms with Gasteiger partial charge in [0.15, 0.2) is 0 Å². The van der Waals surface area contributed by atoms with Gasteiger partial charge in [-0.2, -0.15) is 23.5 Å². The molecule has 2 heterocycles. The third-order valence-corrected chi connectivity index (χ3v) is 5.63. The first-order valence-electron chi connectivity index (χ1n) is 6.17. The van der Waals surface area contributed by atoms with Crippen molar-refractivity contribution in [1.82, 2.24) is 14.5 Å². The van der Waals surface area contributed by atoms with Crippen LogP contribution in [0.3, 0.4) is 0 Å². The molecule has 0 spiro atoms. The van der Waals surface area contributed by atoms with Crippen molar-refractivity contribution < 1.29 is 0 Å². The molecule has 17 heavy (non-hydrogen) atoms. The summed E-state index contributed by atoms with van der Waals surface area (Å²) in [6, 6.07) is 0.689. The summed E-state index contributed by atoms with van der Waals surface area (Å²) in [5.74, 6) is 6.32. The maximum atomic E-state index is 4.45. The topological polar surface area (TPSA) is 21.1 Å². The maximum absolute atomic E-state index is 4.45. The first-order valence-corrected chi connectivity index (χ1v) is 8.48. The van der Waals surface area contributed by atoms with Crippen LogP contribution in [-0.2, 0) is 13.1 Å². The van der Waals surface area contributed by atoms with Crippen molar-refractivity contribution in [2.45, 2.75) is 26.1 Å². The van der Waals surface area contributed by atoms with Crippen LogP contribution in [0.25, 0.3) is 0 Å². The zero-order chi connectivity index (χ0) is 12.1. The van der Waals surface area contributed by atoms with E-state index in [4.69, 9.17) is 0 Å². The molecule has 0 radical (unpaired) electrons. The summed E-state index contributed by atoms with van der Waals surface area (Å²) in [5.41, 5.74) is 0. The van der Waals surface area contributed by atoms with Gasteiger partial charge in [0.25, 0.3) is 0 Å². The van der Waals surface area contributed by atoms with E-state index < -0.39 is 0 Å². The van der Waals surface area contributed by atoms with E-state index in [1.807, 2.05) is 6.20 Å². The van der Waals surface area contributed by atoms with E-state index in [0.29, 0.717) is 6.04 Å². The number of imidazole rings is 1. The molecule has 1 aromatic heterocycles. The lowest BCUT2D eigenvalue weighted by Gasteiger charge is -2.26. The number of thioether (sulfide) groups is 2. The number of hydrogen-bond donors (Lipinski definition) is 0. The Morgan fingerprint density at radius 1 is 1.41 bits per heavy atom. The van der Waals surface area contributed by atoms with Gasteiger partial charge in [-0.25, -0.2) is 4.98 Å². The van der Waals surface area contributed by atoms with E-state index in [0.717, 1.165) is 13.1 Å². The summed E-state index contributed by atoms with van der Waals surface area (Å²) in [5, 5.41) is 0. The monoisotopic (exact) mass is 271 g/mol. The van der Waals surface area contributed by atoms with Gasteiger partial charge in [0, 0.05) is 48.0 Å². The molecular formula is C12H21N3S2. The molecule has 0 aromatic carbocycles. The molecule has 0 saturated carbocycles. The Morgan fingerprint density at radius 2 is 2.12 bits per heavy atom. The number of rotatable bonds is 4. The number of nitrogens with zero attached hydrogens (tertiary/aromatic N) is 3. The van der Waals surface area contributed by atoms with E-state index in [1.165, 1.54) is 28.8 Å². The summed E-state index contributed by atoms with van der Waals surface area (Å²) < 4.78 is 2.23. The van der Waals surface area contributed by atoms with E-state index in [9.17, 15) is 0 Å². The van der Waals surface area contributed by atoms with Gasteiger partial charge in [-0.1, -0.05) is 0 Å². The van der Waals surface area contributed by atoms with Crippen LogP contribution in [0.1, 0.15) is 12.7 Å². The Hall–Kier alpha value is -0.130. The molecule has 0 unspecified atom stereocenters. The molecule has 5 heteroatoms. The lowest BCUT2D eigenvalue weighted by molar-refractivity contribution is 0.263. The summed E-state index contributed by atoms with van der Waals surface area (Å²) >= 11 is 4.17. The Kier molecular flexibility index (Phi) is 5.25. The molecule has 0 atom stereocenters. The minimum absolute atomic E-state index is 0.689. The molecule has 3 nitrogen and oxygen atoms in total. The van der Waals surface area contributed by atoms with Crippen molar-refractivity contribution in [1.29, 1.82) is 0 Å². The predicted molar refractivity (Wildman–Crippen MR) is 77.8 cm³/mol. The van der Waals surface area contributed by atoms with Crippen LogP contribution in [-0.4, -0.2) is 50.6 Å². The highest BCUT2D eigenvalue weighted by molar-refractivity contribution is 8.03. The molecule has 0 amide bonds. The Morgan fingerprint density at radius 3 is 2.76 bits per heavy atom. The maximum Gasteiger partial charge on any atom is 0.122 e. The first-order chi connectivity index (χ1) is 8.31. The van der Waals surface area contributed by atoms with E-state index >= 15 is 0 Å². The lowest BCUT2D eigenvalue weighted by Crippen LogP contribution is -2.35. The molecular weight excluding hydrogens is 250 g/mol. The second-order valence-electron chi connectivity index (χ2n) is 4.35. The van der Waals surface area contributed by atoms with Crippen molar-refractivity contribution in [2.75, 3.05) is 30.1 Å². The minimum Gasteiger partial charge on any atom is -0.334 e. The average Bonchev–Trinajstić information content (AvgIpc) is 2.62. The molecule has 96 valence electrons. The zero-order valence-electron chi connectivity index (χ0n) is 10.6. The van der Waals surface area contributed by atoms with Crippen LogP contribution in [0.5, 0.6) is 0 Å². The highest BCUT2D eigenvalue weighted by Crippen LogP contribution is 2.20. The molecule has 2 rings (SSSR count). The minimum atomic E-state index is 0.689. The second-order valence-corrected chi connectivity index (χ2v) is 6.65. The highest BCUT2D eigenvalue weighted by Gasteiger charge is 2.18. The molecule has 0 bridgehead atoms. The fourth-order valence-electron chi connectivity index (χ4n) is 1.99. The Bertz CT molecular complexity index is 332. The SMILES string of the molecule is CCn1ccnc1CN(C)C1CSCCSC1. The molecule has 0 aliphatic carbocycles. The van der Waals surface area contributed by atoms with E-state index in [2.05, 4.69) is 58.1 Å². The van der Waals surface area contributed by atoms with Crippen molar-refractivity contribution >= 4 is 23.5 Å². The molecule has 1 saturated heterocycles. The van der Waals surface area contributed by atoms with Gasteiger partial charge in [0.2, 0.25) is 0 Å². The Labute approximate surface area is 112 Å². The van der Waals surface area contributed by atoms with Crippen molar-refractivity contribution in [2.24, 2.45) is 0 Å². The highest BCUT2D eigenvalue weighted by atomic mass is 32.2. The summed E-state index contributed by atoms with van der Waals surface area (Å²) in [4.78, 5) is 6.91. The number of hydrogen-bond acceptors (Lipinski definition) is 4. The molecule has 0 N–H and O–H groups in total. The first kappa shape index (κ1) is 13.3. The summed E-state index contributed by atoms with van der Waals surface area (Å²) in [7, 11) is 2.23. The van der Waals surface area contributed by atoms with Crippen LogP contribution in [0.15, 0.2) is 12.4 Å². The third kappa shape index (κ3) is 3.66. The molecule has 1 fully saturated rings. The van der Waals surface area contributed by atoms with Gasteiger partial charge in [-0.05, 0) is 14.0 Å². The fraction of sp³-hybridized carbons (Fsp3) is 0.750. The van der Waals surface area contributed by atoms with Gasteiger partial charge in [0.1, 0.15) is 5.82 Å². The van der Waals surface area contributed by atoms with Gasteiger partial charge in [-0.3, -0.25) is 4.90 Å². The van der Waals surface area contributed by atoms with Crippen LogP contribution in [0.2, 0.25) is 0 Å². The Balaban J connectivity index is 1.93. The second kappa shape index (κ2) is 6.71. The van der Waals surface area contributed by atoms with Crippen molar-refractivity contribution in [3.8, 4) is 0 Å². The smallest absolute Gasteiger partial charge is 0.122 e. The third-order valence-electron chi connectivity index (χ3n) is 3.15. The van der Waals surface area contributed by atoms with Gasteiger partial charge in [-0.15, -0.1) is 0 Å². The van der Waals surface area contributed by atoms with Gasteiger partial charge in [0.05, 0.1) is 6.54 Å². The predicted octanol–water partition coefficient (Wildman–Crippen LogP) is 2.18. The largest absolute Gasteiger partial charge is 0.334 e. The van der Waals surface area contributed by atoms with E-state index in [-0.39, 0.29) is 0 Å².